The maximum absolute atomic E-state index is 5.74. The van der Waals surface area contributed by atoms with Crippen molar-refractivity contribution in [1.82, 2.24) is 10.2 Å². The zero-order chi connectivity index (χ0) is 9.10. The van der Waals surface area contributed by atoms with Gasteiger partial charge in [-0.2, -0.15) is 0 Å². The lowest BCUT2D eigenvalue weighted by molar-refractivity contribution is 0.497. The first-order valence-electron chi connectivity index (χ1n) is 3.77. The predicted molar refractivity (Wildman–Crippen MR) is 47.4 cm³/mol. The summed E-state index contributed by atoms with van der Waals surface area (Å²) in [6.45, 7) is 0. The fraction of sp³-hybridized carbons (Fsp3) is 0.111. The van der Waals surface area contributed by atoms with Crippen molar-refractivity contribution in [3.8, 4) is 0 Å². The molecule has 0 N–H and O–H groups in total. The number of halogens is 1. The Morgan fingerprint density at radius 3 is 2.69 bits per heavy atom. The van der Waals surface area contributed by atoms with Gasteiger partial charge in [-0.15, -0.1) is 10.2 Å². The highest BCUT2D eigenvalue weighted by atomic mass is 35.5. The van der Waals surface area contributed by atoms with Crippen LogP contribution in [0.3, 0.4) is 0 Å². The molecule has 2 aromatic rings. The van der Waals surface area contributed by atoms with Crippen LogP contribution in [-0.2, 0) is 6.42 Å². The molecular weight excluding hydrogens is 188 g/mol. The van der Waals surface area contributed by atoms with E-state index >= 15 is 0 Å². The van der Waals surface area contributed by atoms with Crippen molar-refractivity contribution in [2.75, 3.05) is 0 Å². The molecule has 1 aromatic carbocycles. The molecule has 0 unspecified atom stereocenters. The van der Waals surface area contributed by atoms with Gasteiger partial charge in [0.25, 0.3) is 0 Å². The highest BCUT2D eigenvalue weighted by Gasteiger charge is 2.00. The van der Waals surface area contributed by atoms with E-state index in [0.29, 0.717) is 12.3 Å². The topological polar surface area (TPSA) is 38.9 Å². The Balaban J connectivity index is 2.15. The summed E-state index contributed by atoms with van der Waals surface area (Å²) in [5, 5.41) is 7.92. The fourth-order valence-corrected chi connectivity index (χ4v) is 1.14. The second kappa shape index (κ2) is 3.58. The van der Waals surface area contributed by atoms with Crippen LogP contribution in [0.4, 0.5) is 0 Å². The van der Waals surface area contributed by atoms with Gasteiger partial charge in [-0.25, -0.2) is 0 Å². The van der Waals surface area contributed by atoms with Crippen LogP contribution in [0, 0.1) is 6.39 Å². The summed E-state index contributed by atoms with van der Waals surface area (Å²) >= 11 is 5.74. The fourth-order valence-electron chi connectivity index (χ4n) is 1.02. The molecule has 0 saturated heterocycles. The van der Waals surface area contributed by atoms with Gasteiger partial charge in [-0.1, -0.05) is 23.7 Å². The van der Waals surface area contributed by atoms with Crippen LogP contribution in [0.15, 0.2) is 28.7 Å². The molecule has 0 amide bonds. The summed E-state index contributed by atoms with van der Waals surface area (Å²) in [6.07, 6.45) is 2.92. The molecule has 1 aromatic heterocycles. The maximum Gasteiger partial charge on any atom is 0.305 e. The Morgan fingerprint density at radius 1 is 1.31 bits per heavy atom. The first-order valence-corrected chi connectivity index (χ1v) is 4.15. The largest absolute Gasteiger partial charge is 0.417 e. The van der Waals surface area contributed by atoms with Crippen molar-refractivity contribution in [2.45, 2.75) is 6.42 Å². The van der Waals surface area contributed by atoms with Gasteiger partial charge in [0.1, 0.15) is 0 Å². The molecule has 13 heavy (non-hydrogen) atoms. The van der Waals surface area contributed by atoms with E-state index in [0.717, 1.165) is 10.6 Å². The van der Waals surface area contributed by atoms with Crippen LogP contribution in [0.25, 0.3) is 0 Å². The summed E-state index contributed by atoms with van der Waals surface area (Å²) in [5.74, 6) is 0.558. The number of hydrogen-bond acceptors (Lipinski definition) is 3. The van der Waals surface area contributed by atoms with Crippen molar-refractivity contribution < 1.29 is 4.42 Å². The van der Waals surface area contributed by atoms with E-state index in [1.54, 1.807) is 0 Å². The molecule has 0 bridgehead atoms. The van der Waals surface area contributed by atoms with E-state index in [-0.39, 0.29) is 0 Å². The van der Waals surface area contributed by atoms with Crippen molar-refractivity contribution >= 4 is 11.6 Å². The molecule has 0 spiro atoms. The van der Waals surface area contributed by atoms with E-state index in [1.807, 2.05) is 24.3 Å². The van der Waals surface area contributed by atoms with Crippen LogP contribution in [0.2, 0.25) is 5.02 Å². The molecule has 1 radical (unpaired) electrons. The third-order valence-electron chi connectivity index (χ3n) is 1.63. The second-order valence-corrected chi connectivity index (χ2v) is 3.03. The lowest BCUT2D eigenvalue weighted by Gasteiger charge is -1.95. The van der Waals surface area contributed by atoms with Crippen molar-refractivity contribution in [2.24, 2.45) is 0 Å². The average Bonchev–Trinajstić information content (AvgIpc) is 2.62. The minimum absolute atomic E-state index is 0.558. The minimum atomic E-state index is 0.558. The Kier molecular flexibility index (Phi) is 2.27. The van der Waals surface area contributed by atoms with Crippen LogP contribution in [0.5, 0.6) is 0 Å². The van der Waals surface area contributed by atoms with E-state index in [2.05, 4.69) is 16.6 Å². The van der Waals surface area contributed by atoms with Gasteiger partial charge in [0.15, 0.2) is 0 Å². The lowest BCUT2D eigenvalue weighted by Crippen LogP contribution is -1.87. The molecule has 0 aliphatic carbocycles. The molecule has 2 rings (SSSR count). The molecule has 0 fully saturated rings. The van der Waals surface area contributed by atoms with Crippen molar-refractivity contribution in [3.05, 3.63) is 47.1 Å². The first kappa shape index (κ1) is 8.26. The third kappa shape index (κ3) is 2.06. The molecule has 1 heterocycles. The van der Waals surface area contributed by atoms with Crippen LogP contribution < -0.4 is 0 Å². The van der Waals surface area contributed by atoms with E-state index in [4.69, 9.17) is 16.0 Å². The number of aromatic nitrogens is 2. The molecule has 0 saturated carbocycles. The van der Waals surface area contributed by atoms with Crippen LogP contribution >= 0.6 is 11.6 Å². The summed E-state index contributed by atoms with van der Waals surface area (Å²) in [7, 11) is 0. The first-order chi connectivity index (χ1) is 6.34. The number of nitrogens with zero attached hydrogens (tertiary/aromatic N) is 2. The molecule has 3 nitrogen and oxygen atoms in total. The maximum atomic E-state index is 5.74. The van der Waals surface area contributed by atoms with E-state index in [1.165, 1.54) is 0 Å². The van der Waals surface area contributed by atoms with Gasteiger partial charge in [0.2, 0.25) is 5.89 Å². The SMILES string of the molecule is Clc1ccc(Cc2nn[c]o2)cc1. The molecule has 4 heteroatoms. The highest BCUT2D eigenvalue weighted by Crippen LogP contribution is 2.11. The summed E-state index contributed by atoms with van der Waals surface area (Å²) in [5.41, 5.74) is 1.09. The molecule has 65 valence electrons. The van der Waals surface area contributed by atoms with Crippen LogP contribution in [-0.4, -0.2) is 10.2 Å². The smallest absolute Gasteiger partial charge is 0.305 e. The highest BCUT2D eigenvalue weighted by molar-refractivity contribution is 6.30. The lowest BCUT2D eigenvalue weighted by atomic mass is 10.1. The van der Waals surface area contributed by atoms with Crippen molar-refractivity contribution in [3.63, 3.8) is 0 Å². The normalized spacial score (nSPS) is 10.2. The van der Waals surface area contributed by atoms with E-state index in [9.17, 15) is 0 Å². The molecule has 0 atom stereocenters. The van der Waals surface area contributed by atoms with E-state index < -0.39 is 0 Å². The van der Waals surface area contributed by atoms with Crippen LogP contribution in [0.1, 0.15) is 11.5 Å². The minimum Gasteiger partial charge on any atom is -0.417 e. The van der Waals surface area contributed by atoms with Gasteiger partial charge in [-0.05, 0) is 17.7 Å². The second-order valence-electron chi connectivity index (χ2n) is 2.59. The Hall–Kier alpha value is -1.35. The zero-order valence-corrected chi connectivity index (χ0v) is 7.45. The number of rotatable bonds is 2. The van der Waals surface area contributed by atoms with Gasteiger partial charge in [0, 0.05) is 5.02 Å². The zero-order valence-electron chi connectivity index (χ0n) is 6.70. The Bertz CT molecular complexity index is 369. The molecular formula is C9H6ClN2O. The van der Waals surface area contributed by atoms with Gasteiger partial charge >= 0.3 is 6.39 Å². The monoisotopic (exact) mass is 193 g/mol. The standard InChI is InChI=1S/C9H6ClN2O/c10-8-3-1-7(2-4-8)5-9-12-11-6-13-9/h1-4H,5H2. The average molecular weight is 194 g/mol. The summed E-state index contributed by atoms with van der Waals surface area (Å²) in [4.78, 5) is 0. The quantitative estimate of drug-likeness (QED) is 0.734. The summed E-state index contributed by atoms with van der Waals surface area (Å²) < 4.78 is 4.89. The number of benzene rings is 1. The van der Waals surface area contributed by atoms with Crippen molar-refractivity contribution in [1.29, 1.82) is 0 Å². The van der Waals surface area contributed by atoms with Gasteiger partial charge in [-0.3, -0.25) is 0 Å². The predicted octanol–water partition coefficient (Wildman–Crippen LogP) is 2.11. The van der Waals surface area contributed by atoms with Gasteiger partial charge < -0.3 is 4.42 Å². The Labute approximate surface area is 80.4 Å². The van der Waals surface area contributed by atoms with Gasteiger partial charge in [0.05, 0.1) is 6.42 Å². The summed E-state index contributed by atoms with van der Waals surface area (Å²) in [6, 6.07) is 7.51. The number of hydrogen-bond donors (Lipinski definition) is 0. The third-order valence-corrected chi connectivity index (χ3v) is 1.89. The molecule has 0 aliphatic heterocycles. The molecule has 0 aliphatic rings. The Morgan fingerprint density at radius 2 is 2.08 bits per heavy atom.